The van der Waals surface area contributed by atoms with E-state index in [4.69, 9.17) is 11.6 Å². The van der Waals surface area contributed by atoms with Crippen molar-refractivity contribution in [3.8, 4) is 0 Å². The van der Waals surface area contributed by atoms with Crippen LogP contribution in [-0.4, -0.2) is 54.2 Å². The van der Waals surface area contributed by atoms with E-state index in [1.54, 1.807) is 47.9 Å². The first kappa shape index (κ1) is 17.3. The maximum Gasteiger partial charge on any atom is 0.239 e. The van der Waals surface area contributed by atoms with Gasteiger partial charge in [0.05, 0.1) is 0 Å². The van der Waals surface area contributed by atoms with Crippen molar-refractivity contribution >= 4 is 35.5 Å². The van der Waals surface area contributed by atoms with Crippen LogP contribution in [0.15, 0.2) is 24.3 Å². The molecule has 0 bridgehead atoms. The minimum absolute atomic E-state index is 0.241. The molecule has 1 aromatic carbocycles. The number of carbonyl (C=O) groups is 3. The molecule has 3 amide bonds. The first-order valence-electron chi connectivity index (χ1n) is 7.40. The van der Waals surface area contributed by atoms with Crippen LogP contribution >= 0.6 is 11.6 Å². The molecule has 23 heavy (non-hydrogen) atoms. The van der Waals surface area contributed by atoms with E-state index in [9.17, 15) is 14.4 Å². The molecule has 0 saturated carbocycles. The van der Waals surface area contributed by atoms with Gasteiger partial charge in [-0.05, 0) is 38.1 Å². The van der Waals surface area contributed by atoms with Crippen LogP contribution in [0, 0.1) is 5.41 Å². The molecule has 0 aliphatic carbocycles. The molecule has 1 fully saturated rings. The summed E-state index contributed by atoms with van der Waals surface area (Å²) in [5.74, 6) is -0.614. The molecule has 0 aromatic heterocycles. The number of anilines is 1. The summed E-state index contributed by atoms with van der Waals surface area (Å²) in [6.07, 6.45) is 0.778. The molecule has 0 unspecified atom stereocenters. The molecule has 6 nitrogen and oxygen atoms in total. The lowest BCUT2D eigenvalue weighted by Gasteiger charge is -2.36. The molecule has 1 heterocycles. The van der Waals surface area contributed by atoms with Gasteiger partial charge in [-0.25, -0.2) is 0 Å². The summed E-state index contributed by atoms with van der Waals surface area (Å²) in [4.78, 5) is 39.1. The number of nitrogens with one attached hydrogen (secondary N) is 1. The zero-order valence-corrected chi connectivity index (χ0v) is 14.0. The molecule has 0 spiro atoms. The van der Waals surface area contributed by atoms with Gasteiger partial charge in [-0.1, -0.05) is 11.6 Å². The molecule has 124 valence electrons. The summed E-state index contributed by atoms with van der Waals surface area (Å²) in [6, 6.07) is 6.71. The minimum Gasteiger partial charge on any atom is -0.342 e. The van der Waals surface area contributed by atoms with Gasteiger partial charge in [0.2, 0.25) is 18.2 Å². The molecule has 0 radical (unpaired) electrons. The molecular formula is C16H20ClN3O3. The highest BCUT2D eigenvalue weighted by Gasteiger charge is 2.40. The van der Waals surface area contributed by atoms with Crippen molar-refractivity contribution in [1.29, 1.82) is 0 Å². The van der Waals surface area contributed by atoms with Gasteiger partial charge in [0.15, 0.2) is 0 Å². The summed E-state index contributed by atoms with van der Waals surface area (Å²) in [7, 11) is 0. The molecule has 1 aliphatic heterocycles. The summed E-state index contributed by atoms with van der Waals surface area (Å²) in [5, 5.41) is 3.31. The number of halogens is 1. The predicted octanol–water partition coefficient (Wildman–Crippen LogP) is 1.61. The van der Waals surface area contributed by atoms with Gasteiger partial charge in [0, 0.05) is 36.9 Å². The Bertz CT molecular complexity index is 593. The van der Waals surface area contributed by atoms with Crippen LogP contribution in [0.1, 0.15) is 13.8 Å². The molecular weight excluding hydrogens is 318 g/mol. The van der Waals surface area contributed by atoms with Gasteiger partial charge in [-0.3, -0.25) is 14.4 Å². The average Bonchev–Trinajstić information content (AvgIpc) is 2.56. The highest BCUT2D eigenvalue weighted by molar-refractivity contribution is 6.30. The maximum absolute atomic E-state index is 12.6. The number of carbonyl (C=O) groups excluding carboxylic acids is 3. The second-order valence-electron chi connectivity index (χ2n) is 6.02. The van der Waals surface area contributed by atoms with Crippen molar-refractivity contribution in [2.75, 3.05) is 31.5 Å². The number of hydrogen-bond donors (Lipinski definition) is 1. The van der Waals surface area contributed by atoms with Crippen LogP contribution in [0.4, 0.5) is 5.69 Å². The quantitative estimate of drug-likeness (QED) is 0.670. The Morgan fingerprint density at radius 1 is 1.13 bits per heavy atom. The Morgan fingerprint density at radius 3 is 2.22 bits per heavy atom. The fourth-order valence-electron chi connectivity index (χ4n) is 2.34. The Morgan fingerprint density at radius 2 is 1.70 bits per heavy atom. The molecule has 2 rings (SSSR count). The third-order valence-electron chi connectivity index (χ3n) is 3.95. The number of nitrogens with zero attached hydrogens (tertiary/aromatic N) is 2. The lowest BCUT2D eigenvalue weighted by Crippen LogP contribution is -2.54. The number of rotatable bonds is 4. The van der Waals surface area contributed by atoms with Gasteiger partial charge in [-0.2, -0.15) is 0 Å². The van der Waals surface area contributed by atoms with Crippen molar-refractivity contribution in [3.05, 3.63) is 29.3 Å². The van der Waals surface area contributed by atoms with Gasteiger partial charge in [0.25, 0.3) is 0 Å². The van der Waals surface area contributed by atoms with Crippen molar-refractivity contribution in [2.24, 2.45) is 5.41 Å². The van der Waals surface area contributed by atoms with E-state index in [0.717, 1.165) is 6.41 Å². The lowest BCUT2D eigenvalue weighted by molar-refractivity contribution is -0.148. The Balaban J connectivity index is 2.01. The number of hydrogen-bond acceptors (Lipinski definition) is 3. The van der Waals surface area contributed by atoms with E-state index >= 15 is 0 Å². The normalized spacial score (nSPS) is 15.3. The van der Waals surface area contributed by atoms with Crippen LogP contribution in [0.25, 0.3) is 0 Å². The van der Waals surface area contributed by atoms with Crippen LogP contribution in [0.2, 0.25) is 5.02 Å². The summed E-state index contributed by atoms with van der Waals surface area (Å²) < 4.78 is 0. The second kappa shape index (κ2) is 7.00. The average molecular weight is 338 g/mol. The highest BCUT2D eigenvalue weighted by Crippen LogP contribution is 2.23. The van der Waals surface area contributed by atoms with Gasteiger partial charge in [-0.15, -0.1) is 0 Å². The third-order valence-corrected chi connectivity index (χ3v) is 4.21. The number of amides is 3. The first-order chi connectivity index (χ1) is 10.8. The third kappa shape index (κ3) is 4.01. The molecule has 0 atom stereocenters. The molecule has 7 heteroatoms. The van der Waals surface area contributed by atoms with Crippen LogP contribution in [0.3, 0.4) is 0 Å². The summed E-state index contributed by atoms with van der Waals surface area (Å²) >= 11 is 5.81. The minimum atomic E-state index is -1.19. The van der Waals surface area contributed by atoms with Crippen molar-refractivity contribution < 1.29 is 14.4 Å². The van der Waals surface area contributed by atoms with Crippen molar-refractivity contribution in [2.45, 2.75) is 13.8 Å². The van der Waals surface area contributed by atoms with Crippen LogP contribution in [0.5, 0.6) is 0 Å². The molecule has 1 aliphatic rings. The standard InChI is InChI=1S/C16H20ClN3O3/c1-16(2,14(22)18-13-5-3-12(17)4-6-13)15(23)20-9-7-19(11-21)8-10-20/h3-6,11H,7-10H2,1-2H3,(H,18,22). The van der Waals surface area contributed by atoms with Gasteiger partial charge < -0.3 is 15.1 Å². The van der Waals surface area contributed by atoms with E-state index in [2.05, 4.69) is 5.32 Å². The van der Waals surface area contributed by atoms with Crippen LogP contribution < -0.4 is 5.32 Å². The summed E-state index contributed by atoms with van der Waals surface area (Å²) in [5.41, 5.74) is -0.603. The molecule has 1 aromatic rings. The molecule has 1 saturated heterocycles. The predicted molar refractivity (Wildman–Crippen MR) is 88.1 cm³/mol. The smallest absolute Gasteiger partial charge is 0.239 e. The van der Waals surface area contributed by atoms with E-state index in [1.165, 1.54) is 0 Å². The van der Waals surface area contributed by atoms with E-state index in [-0.39, 0.29) is 11.8 Å². The summed E-state index contributed by atoms with van der Waals surface area (Å²) in [6.45, 7) is 5.07. The Labute approximate surface area is 140 Å². The van der Waals surface area contributed by atoms with E-state index < -0.39 is 5.41 Å². The Kier molecular flexibility index (Phi) is 5.26. The fraction of sp³-hybridized carbons (Fsp3) is 0.438. The first-order valence-corrected chi connectivity index (χ1v) is 7.78. The topological polar surface area (TPSA) is 69.7 Å². The highest BCUT2D eigenvalue weighted by atomic mass is 35.5. The largest absolute Gasteiger partial charge is 0.342 e. The van der Waals surface area contributed by atoms with Crippen molar-refractivity contribution in [3.63, 3.8) is 0 Å². The number of benzene rings is 1. The zero-order valence-electron chi connectivity index (χ0n) is 13.2. The molecule has 1 N–H and O–H groups in total. The second-order valence-corrected chi connectivity index (χ2v) is 6.46. The van der Waals surface area contributed by atoms with E-state index in [1.807, 2.05) is 0 Å². The van der Waals surface area contributed by atoms with Crippen molar-refractivity contribution in [1.82, 2.24) is 9.80 Å². The Hall–Kier alpha value is -2.08. The number of piperazine rings is 1. The van der Waals surface area contributed by atoms with Gasteiger partial charge >= 0.3 is 0 Å². The monoisotopic (exact) mass is 337 g/mol. The van der Waals surface area contributed by atoms with E-state index in [0.29, 0.717) is 36.9 Å². The van der Waals surface area contributed by atoms with Gasteiger partial charge in [0.1, 0.15) is 5.41 Å². The lowest BCUT2D eigenvalue weighted by atomic mass is 9.89. The maximum atomic E-state index is 12.6. The SMILES string of the molecule is CC(C)(C(=O)Nc1ccc(Cl)cc1)C(=O)N1CCN(C=O)CC1. The fourth-order valence-corrected chi connectivity index (χ4v) is 2.47. The van der Waals surface area contributed by atoms with Crippen LogP contribution in [-0.2, 0) is 14.4 Å². The zero-order chi connectivity index (χ0) is 17.0.